The molecule has 0 amide bonds. The van der Waals surface area contributed by atoms with Gasteiger partial charge in [0.25, 0.3) is 20.0 Å². The first-order valence-electron chi connectivity index (χ1n) is 9.16. The van der Waals surface area contributed by atoms with Crippen molar-refractivity contribution in [3.63, 3.8) is 0 Å². The first-order valence-corrected chi connectivity index (χ1v) is 12.1. The third kappa shape index (κ3) is 5.26. The van der Waals surface area contributed by atoms with E-state index >= 15 is 0 Å². The molecular weight excluding hydrogens is 467 g/mol. The predicted octanol–water partition coefficient (Wildman–Crippen LogP) is 3.40. The third-order valence-electron chi connectivity index (χ3n) is 4.36. The maximum atomic E-state index is 14.7. The van der Waals surface area contributed by atoms with E-state index in [9.17, 15) is 21.2 Å². The summed E-state index contributed by atoms with van der Waals surface area (Å²) in [4.78, 5) is -1.48. The summed E-state index contributed by atoms with van der Waals surface area (Å²) >= 11 is 0. The van der Waals surface area contributed by atoms with Gasteiger partial charge >= 0.3 is 0 Å². The Hall–Kier alpha value is -3.99. The van der Waals surface area contributed by atoms with Gasteiger partial charge in [0.05, 0.1) is 18.5 Å². The minimum absolute atomic E-state index is 0.0781. The van der Waals surface area contributed by atoms with E-state index in [1.165, 1.54) is 30.3 Å². The standard InChI is InChI=1S/C23H17FN2O5S2/c1-4-16-8-6-10-18(12-16)25-32(27,28)22-15-23(21(31-3)14-20(22)24)33(29,30)26-19-11-7-9-17(5-2)13-19/h1-2,6-15,25-26H,3H3. The molecule has 3 rings (SSSR count). The number of benzene rings is 3. The number of hydrogen-bond donors (Lipinski definition) is 2. The molecule has 0 spiro atoms. The Balaban J connectivity index is 2.06. The van der Waals surface area contributed by atoms with Gasteiger partial charge in [0, 0.05) is 17.2 Å². The van der Waals surface area contributed by atoms with E-state index in [-0.39, 0.29) is 17.1 Å². The molecule has 33 heavy (non-hydrogen) atoms. The van der Waals surface area contributed by atoms with Gasteiger partial charge in [-0.15, -0.1) is 12.8 Å². The molecule has 7 nitrogen and oxygen atoms in total. The number of ether oxygens (including phenoxy) is 1. The zero-order valence-corrected chi connectivity index (χ0v) is 18.8. The van der Waals surface area contributed by atoms with Gasteiger partial charge in [-0.05, 0) is 42.5 Å². The summed E-state index contributed by atoms with van der Waals surface area (Å²) in [6, 6.07) is 13.2. The number of rotatable bonds is 7. The van der Waals surface area contributed by atoms with Crippen LogP contribution in [-0.2, 0) is 20.0 Å². The maximum absolute atomic E-state index is 14.7. The number of anilines is 2. The normalized spacial score (nSPS) is 11.2. The topological polar surface area (TPSA) is 102 Å². The van der Waals surface area contributed by atoms with Crippen LogP contribution in [0, 0.1) is 30.5 Å². The highest BCUT2D eigenvalue weighted by Crippen LogP contribution is 2.32. The highest BCUT2D eigenvalue weighted by molar-refractivity contribution is 7.93. The molecule has 0 heterocycles. The summed E-state index contributed by atoms with van der Waals surface area (Å²) in [5, 5.41) is 0. The predicted molar refractivity (Wildman–Crippen MR) is 123 cm³/mol. The molecule has 0 aliphatic heterocycles. The van der Waals surface area contributed by atoms with E-state index in [4.69, 9.17) is 17.6 Å². The second-order valence-electron chi connectivity index (χ2n) is 6.59. The zero-order valence-electron chi connectivity index (χ0n) is 17.2. The van der Waals surface area contributed by atoms with Crippen LogP contribution in [0.3, 0.4) is 0 Å². The fourth-order valence-corrected chi connectivity index (χ4v) is 5.29. The molecule has 0 saturated heterocycles. The summed E-state index contributed by atoms with van der Waals surface area (Å²) < 4.78 is 75.9. The van der Waals surface area contributed by atoms with Crippen molar-refractivity contribution in [3.05, 3.63) is 77.6 Å². The number of halogens is 1. The highest BCUT2D eigenvalue weighted by atomic mass is 32.2. The average Bonchev–Trinajstić information content (AvgIpc) is 2.78. The number of nitrogens with one attached hydrogen (secondary N) is 2. The molecule has 168 valence electrons. The second kappa shape index (κ2) is 9.25. The molecule has 0 saturated carbocycles. The van der Waals surface area contributed by atoms with Crippen molar-refractivity contribution >= 4 is 31.4 Å². The summed E-state index contributed by atoms with van der Waals surface area (Å²) in [5.41, 5.74) is 1.02. The molecular formula is C23H17FN2O5S2. The van der Waals surface area contributed by atoms with Crippen LogP contribution in [0.2, 0.25) is 0 Å². The number of terminal acetylenes is 2. The molecule has 0 atom stereocenters. The molecule has 0 aliphatic rings. The third-order valence-corrected chi connectivity index (χ3v) is 7.16. The fraction of sp³-hybridized carbons (Fsp3) is 0.0435. The van der Waals surface area contributed by atoms with E-state index < -0.39 is 35.7 Å². The summed E-state index contributed by atoms with van der Waals surface area (Å²) in [6.45, 7) is 0. The highest BCUT2D eigenvalue weighted by Gasteiger charge is 2.28. The van der Waals surface area contributed by atoms with Crippen LogP contribution in [0.1, 0.15) is 11.1 Å². The maximum Gasteiger partial charge on any atom is 0.265 e. The van der Waals surface area contributed by atoms with Gasteiger partial charge in [-0.1, -0.05) is 24.0 Å². The van der Waals surface area contributed by atoms with Crippen LogP contribution in [0.15, 0.2) is 70.5 Å². The fourth-order valence-electron chi connectivity index (χ4n) is 2.86. The van der Waals surface area contributed by atoms with Crippen LogP contribution >= 0.6 is 0 Å². The van der Waals surface area contributed by atoms with Crippen LogP contribution < -0.4 is 14.2 Å². The quantitative estimate of drug-likeness (QED) is 0.501. The smallest absolute Gasteiger partial charge is 0.265 e. The Labute approximate surface area is 191 Å². The Morgan fingerprint density at radius 3 is 1.73 bits per heavy atom. The molecule has 0 fully saturated rings. The Morgan fingerprint density at radius 2 is 1.27 bits per heavy atom. The van der Waals surface area contributed by atoms with Crippen molar-refractivity contribution in [1.29, 1.82) is 0 Å². The van der Waals surface area contributed by atoms with Gasteiger partial charge in [-0.25, -0.2) is 21.2 Å². The Bertz CT molecular complexity index is 1520. The largest absolute Gasteiger partial charge is 0.495 e. The lowest BCUT2D eigenvalue weighted by Gasteiger charge is -2.15. The zero-order chi connectivity index (χ0) is 24.2. The molecule has 2 N–H and O–H groups in total. The van der Waals surface area contributed by atoms with Crippen molar-refractivity contribution in [2.24, 2.45) is 0 Å². The first kappa shape index (κ1) is 23.7. The number of hydrogen-bond acceptors (Lipinski definition) is 5. The van der Waals surface area contributed by atoms with Crippen molar-refractivity contribution in [1.82, 2.24) is 0 Å². The van der Waals surface area contributed by atoms with E-state index in [0.29, 0.717) is 23.3 Å². The summed E-state index contributed by atoms with van der Waals surface area (Å²) in [7, 11) is -7.79. The lowest BCUT2D eigenvalue weighted by molar-refractivity contribution is 0.397. The monoisotopic (exact) mass is 484 g/mol. The van der Waals surface area contributed by atoms with Gasteiger partial charge < -0.3 is 4.74 Å². The molecule has 3 aromatic rings. The molecule has 10 heteroatoms. The lowest BCUT2D eigenvalue weighted by Crippen LogP contribution is -2.18. The van der Waals surface area contributed by atoms with Crippen LogP contribution in [0.4, 0.5) is 15.8 Å². The van der Waals surface area contributed by atoms with Crippen molar-refractivity contribution < 1.29 is 26.0 Å². The number of sulfonamides is 2. The molecule has 3 aromatic carbocycles. The molecule has 0 aromatic heterocycles. The van der Waals surface area contributed by atoms with Crippen molar-refractivity contribution in [3.8, 4) is 30.4 Å². The van der Waals surface area contributed by atoms with Gasteiger partial charge in [-0.3, -0.25) is 9.44 Å². The number of methoxy groups -OCH3 is 1. The first-order chi connectivity index (χ1) is 15.6. The van der Waals surface area contributed by atoms with Gasteiger partial charge in [0.15, 0.2) is 0 Å². The average molecular weight is 485 g/mol. The SMILES string of the molecule is C#Cc1cccc(NS(=O)(=O)c2cc(S(=O)(=O)Nc3cccc(C#C)c3)c(OC)cc2F)c1. The minimum Gasteiger partial charge on any atom is -0.495 e. The molecule has 0 aliphatic carbocycles. The van der Waals surface area contributed by atoms with E-state index in [1.807, 2.05) is 0 Å². The summed E-state index contributed by atoms with van der Waals surface area (Å²) in [6.07, 6.45) is 10.6. The Morgan fingerprint density at radius 1 is 0.788 bits per heavy atom. The van der Waals surface area contributed by atoms with Gasteiger partial charge in [-0.2, -0.15) is 0 Å². The van der Waals surface area contributed by atoms with E-state index in [0.717, 1.165) is 7.11 Å². The van der Waals surface area contributed by atoms with Crippen molar-refractivity contribution in [2.75, 3.05) is 16.6 Å². The Kier molecular flexibility index (Phi) is 6.63. The van der Waals surface area contributed by atoms with Crippen molar-refractivity contribution in [2.45, 2.75) is 9.79 Å². The van der Waals surface area contributed by atoms with E-state index in [2.05, 4.69) is 21.3 Å². The molecule has 0 unspecified atom stereocenters. The molecule has 0 radical (unpaired) electrons. The van der Waals surface area contributed by atoms with Crippen LogP contribution in [0.5, 0.6) is 5.75 Å². The van der Waals surface area contributed by atoms with E-state index in [1.54, 1.807) is 18.2 Å². The molecule has 0 bridgehead atoms. The van der Waals surface area contributed by atoms with Gasteiger partial charge in [0.1, 0.15) is 21.4 Å². The minimum atomic E-state index is -4.53. The van der Waals surface area contributed by atoms with Crippen LogP contribution in [-0.4, -0.2) is 23.9 Å². The lowest BCUT2D eigenvalue weighted by atomic mass is 10.2. The summed E-state index contributed by atoms with van der Waals surface area (Å²) in [5.74, 6) is 3.13. The van der Waals surface area contributed by atoms with Crippen LogP contribution in [0.25, 0.3) is 0 Å². The van der Waals surface area contributed by atoms with Gasteiger partial charge in [0.2, 0.25) is 0 Å². The second-order valence-corrected chi connectivity index (χ2v) is 9.90.